The van der Waals surface area contributed by atoms with Crippen LogP contribution in [0.2, 0.25) is 0 Å². The lowest BCUT2D eigenvalue weighted by Gasteiger charge is -2.17. The molecule has 0 radical (unpaired) electrons. The summed E-state index contributed by atoms with van der Waals surface area (Å²) in [5.74, 6) is 0.603. The quantitative estimate of drug-likeness (QED) is 0.803. The Hall–Kier alpha value is -2.69. The van der Waals surface area contributed by atoms with Crippen molar-refractivity contribution in [2.75, 3.05) is 0 Å². The van der Waals surface area contributed by atoms with Crippen molar-refractivity contribution in [3.8, 4) is 11.5 Å². The van der Waals surface area contributed by atoms with Gasteiger partial charge in [0.25, 0.3) is 0 Å². The Labute approximate surface area is 134 Å². The number of nitrogens with one attached hydrogen (secondary N) is 1. The van der Waals surface area contributed by atoms with Crippen molar-refractivity contribution >= 4 is 17.0 Å². The van der Waals surface area contributed by atoms with Gasteiger partial charge in [-0.25, -0.2) is 4.98 Å². The Bertz CT molecular complexity index is 796. The molecule has 1 amide bonds. The molecular formula is C18H19N3O2. The van der Waals surface area contributed by atoms with Gasteiger partial charge in [-0.15, -0.1) is 0 Å². The van der Waals surface area contributed by atoms with Crippen molar-refractivity contribution in [3.05, 3.63) is 48.3 Å². The molecule has 0 bridgehead atoms. The number of benzene rings is 1. The summed E-state index contributed by atoms with van der Waals surface area (Å²) in [5, 5.41) is 2.93. The predicted octanol–water partition coefficient (Wildman–Crippen LogP) is 3.55. The molecule has 1 aromatic carbocycles. The Balaban J connectivity index is 1.73. The van der Waals surface area contributed by atoms with E-state index in [-0.39, 0.29) is 11.3 Å². The van der Waals surface area contributed by atoms with Crippen LogP contribution in [0.5, 0.6) is 0 Å². The SMILES string of the molecule is CC(C)(C)C(=O)NCc1ccc(-c2nc3cnccc3o2)cc1. The molecule has 0 atom stereocenters. The summed E-state index contributed by atoms with van der Waals surface area (Å²) in [4.78, 5) is 20.3. The van der Waals surface area contributed by atoms with E-state index in [0.717, 1.165) is 22.2 Å². The van der Waals surface area contributed by atoms with E-state index in [1.54, 1.807) is 18.5 Å². The topological polar surface area (TPSA) is 68.0 Å². The third-order valence-electron chi connectivity index (χ3n) is 3.53. The number of hydrogen-bond donors (Lipinski definition) is 1. The lowest BCUT2D eigenvalue weighted by molar-refractivity contribution is -0.128. The monoisotopic (exact) mass is 309 g/mol. The molecule has 0 fully saturated rings. The highest BCUT2D eigenvalue weighted by Crippen LogP contribution is 2.23. The van der Waals surface area contributed by atoms with Gasteiger partial charge in [-0.05, 0) is 17.7 Å². The average molecular weight is 309 g/mol. The standard InChI is InChI=1S/C18H19N3O2/c1-18(2,3)17(22)20-10-12-4-6-13(7-5-12)16-21-14-11-19-9-8-15(14)23-16/h4-9,11H,10H2,1-3H3,(H,20,22). The van der Waals surface area contributed by atoms with Crippen LogP contribution in [0.3, 0.4) is 0 Å². The zero-order valence-corrected chi connectivity index (χ0v) is 13.5. The number of aromatic nitrogens is 2. The first-order valence-corrected chi connectivity index (χ1v) is 7.52. The van der Waals surface area contributed by atoms with Crippen molar-refractivity contribution in [1.29, 1.82) is 0 Å². The van der Waals surface area contributed by atoms with Crippen LogP contribution in [0.1, 0.15) is 26.3 Å². The number of carbonyl (C=O) groups is 1. The van der Waals surface area contributed by atoms with Crippen molar-refractivity contribution in [1.82, 2.24) is 15.3 Å². The number of rotatable bonds is 3. The Morgan fingerprint density at radius 2 is 1.91 bits per heavy atom. The second kappa shape index (κ2) is 5.83. The molecule has 0 aliphatic rings. The first kappa shape index (κ1) is 15.2. The van der Waals surface area contributed by atoms with Crippen molar-refractivity contribution in [3.63, 3.8) is 0 Å². The number of nitrogens with zero attached hydrogens (tertiary/aromatic N) is 2. The Morgan fingerprint density at radius 3 is 2.57 bits per heavy atom. The highest BCUT2D eigenvalue weighted by atomic mass is 16.3. The molecule has 5 nitrogen and oxygen atoms in total. The van der Waals surface area contributed by atoms with E-state index in [1.807, 2.05) is 45.0 Å². The fourth-order valence-electron chi connectivity index (χ4n) is 2.12. The maximum atomic E-state index is 11.9. The maximum absolute atomic E-state index is 11.9. The molecule has 5 heteroatoms. The first-order valence-electron chi connectivity index (χ1n) is 7.52. The van der Waals surface area contributed by atoms with Gasteiger partial charge in [0.05, 0.1) is 6.20 Å². The number of fused-ring (bicyclic) bond motifs is 1. The van der Waals surface area contributed by atoms with Crippen molar-refractivity contribution in [2.24, 2.45) is 5.41 Å². The summed E-state index contributed by atoms with van der Waals surface area (Å²) >= 11 is 0. The lowest BCUT2D eigenvalue weighted by atomic mass is 9.95. The Morgan fingerprint density at radius 1 is 1.17 bits per heavy atom. The largest absolute Gasteiger partial charge is 0.436 e. The summed E-state index contributed by atoms with van der Waals surface area (Å²) in [7, 11) is 0. The van der Waals surface area contributed by atoms with E-state index in [0.29, 0.717) is 12.4 Å². The summed E-state index contributed by atoms with van der Waals surface area (Å²) in [6.45, 7) is 6.20. The first-order chi connectivity index (χ1) is 10.9. The van der Waals surface area contributed by atoms with Gasteiger partial charge in [0.1, 0.15) is 5.52 Å². The van der Waals surface area contributed by atoms with Crippen molar-refractivity contribution in [2.45, 2.75) is 27.3 Å². The van der Waals surface area contributed by atoms with Crippen LogP contribution in [0.25, 0.3) is 22.6 Å². The molecule has 0 unspecified atom stereocenters. The van der Waals surface area contributed by atoms with E-state index in [1.165, 1.54) is 0 Å². The number of oxazole rings is 1. The second-order valence-electron chi connectivity index (χ2n) is 6.49. The summed E-state index contributed by atoms with van der Waals surface area (Å²) in [6, 6.07) is 9.60. The lowest BCUT2D eigenvalue weighted by Crippen LogP contribution is -2.34. The maximum Gasteiger partial charge on any atom is 0.227 e. The fourth-order valence-corrected chi connectivity index (χ4v) is 2.12. The molecule has 0 saturated carbocycles. The zero-order valence-electron chi connectivity index (χ0n) is 13.5. The van der Waals surface area contributed by atoms with Crippen LogP contribution in [0, 0.1) is 5.41 Å². The highest BCUT2D eigenvalue weighted by molar-refractivity contribution is 5.81. The number of carbonyl (C=O) groups excluding carboxylic acids is 1. The van der Waals surface area contributed by atoms with Crippen LogP contribution in [-0.4, -0.2) is 15.9 Å². The minimum atomic E-state index is -0.383. The summed E-state index contributed by atoms with van der Waals surface area (Å²) in [6.07, 6.45) is 3.36. The number of hydrogen-bond acceptors (Lipinski definition) is 4. The third-order valence-corrected chi connectivity index (χ3v) is 3.53. The molecule has 23 heavy (non-hydrogen) atoms. The zero-order chi connectivity index (χ0) is 16.4. The van der Waals surface area contributed by atoms with Crippen LogP contribution >= 0.6 is 0 Å². The highest BCUT2D eigenvalue weighted by Gasteiger charge is 2.20. The van der Waals surface area contributed by atoms with E-state index in [9.17, 15) is 4.79 Å². The van der Waals surface area contributed by atoms with Gasteiger partial charge in [-0.1, -0.05) is 32.9 Å². The van der Waals surface area contributed by atoms with Crippen LogP contribution in [0.4, 0.5) is 0 Å². The second-order valence-corrected chi connectivity index (χ2v) is 6.49. The van der Waals surface area contributed by atoms with Gasteiger partial charge < -0.3 is 9.73 Å². The number of amides is 1. The molecule has 2 heterocycles. The average Bonchev–Trinajstić information content (AvgIpc) is 2.96. The molecule has 3 rings (SSSR count). The van der Waals surface area contributed by atoms with Crippen molar-refractivity contribution < 1.29 is 9.21 Å². The third kappa shape index (κ3) is 3.39. The van der Waals surface area contributed by atoms with Gasteiger partial charge >= 0.3 is 0 Å². The van der Waals surface area contributed by atoms with E-state index >= 15 is 0 Å². The summed E-state index contributed by atoms with van der Waals surface area (Å²) < 4.78 is 5.72. The minimum Gasteiger partial charge on any atom is -0.436 e. The number of pyridine rings is 1. The molecule has 0 aliphatic carbocycles. The molecule has 3 aromatic rings. The van der Waals surface area contributed by atoms with Crippen LogP contribution in [-0.2, 0) is 11.3 Å². The molecule has 2 aromatic heterocycles. The molecule has 0 saturated heterocycles. The predicted molar refractivity (Wildman–Crippen MR) is 88.5 cm³/mol. The van der Waals surface area contributed by atoms with Crippen LogP contribution < -0.4 is 5.32 Å². The van der Waals surface area contributed by atoms with E-state index in [4.69, 9.17) is 4.42 Å². The molecule has 1 N–H and O–H groups in total. The van der Waals surface area contributed by atoms with E-state index in [2.05, 4.69) is 15.3 Å². The molecular weight excluding hydrogens is 290 g/mol. The molecule has 0 aliphatic heterocycles. The smallest absolute Gasteiger partial charge is 0.227 e. The molecule has 118 valence electrons. The molecule has 0 spiro atoms. The fraction of sp³-hybridized carbons (Fsp3) is 0.278. The van der Waals surface area contributed by atoms with Gasteiger partial charge in [0.15, 0.2) is 5.58 Å². The van der Waals surface area contributed by atoms with Gasteiger partial charge in [-0.2, -0.15) is 0 Å². The Kier molecular flexibility index (Phi) is 3.86. The van der Waals surface area contributed by atoms with Gasteiger partial charge in [-0.3, -0.25) is 9.78 Å². The van der Waals surface area contributed by atoms with E-state index < -0.39 is 0 Å². The van der Waals surface area contributed by atoms with Gasteiger partial charge in [0.2, 0.25) is 11.8 Å². The van der Waals surface area contributed by atoms with Crippen LogP contribution in [0.15, 0.2) is 47.1 Å². The minimum absolute atomic E-state index is 0.0352. The summed E-state index contributed by atoms with van der Waals surface area (Å²) in [5.41, 5.74) is 3.00. The van der Waals surface area contributed by atoms with Gasteiger partial charge in [0, 0.05) is 29.8 Å². The normalized spacial score (nSPS) is 11.6.